The van der Waals surface area contributed by atoms with Crippen LogP contribution in [0.5, 0.6) is 0 Å². The number of ether oxygens (including phenoxy) is 1. The average molecular weight is 214 g/mol. The van der Waals surface area contributed by atoms with Gasteiger partial charge in [0.1, 0.15) is 5.92 Å². The molecule has 0 aliphatic carbocycles. The van der Waals surface area contributed by atoms with Gasteiger partial charge in [-0.05, 0) is 12.8 Å². The van der Waals surface area contributed by atoms with Gasteiger partial charge < -0.3 is 14.9 Å². The molecule has 82 valence electrons. The summed E-state index contributed by atoms with van der Waals surface area (Å²) in [6.07, 6.45) is -5.14. The third-order valence-electron chi connectivity index (χ3n) is 2.14. The highest BCUT2D eigenvalue weighted by Crippen LogP contribution is 2.41. The lowest BCUT2D eigenvalue weighted by molar-refractivity contribution is -0.391. The molecule has 0 amide bonds. The molecule has 1 rings (SSSR count). The fraction of sp³-hybridized carbons (Fsp3) is 0.857. The molecular weight excluding hydrogens is 205 g/mol. The Kier molecular flexibility index (Phi) is 2.73. The van der Waals surface area contributed by atoms with Crippen LogP contribution < -0.4 is 0 Å². The van der Waals surface area contributed by atoms with Crippen molar-refractivity contribution < 1.29 is 32.9 Å². The van der Waals surface area contributed by atoms with Crippen molar-refractivity contribution in [1.82, 2.24) is 0 Å². The zero-order valence-corrected chi connectivity index (χ0v) is 7.04. The van der Waals surface area contributed by atoms with Crippen LogP contribution in [0.2, 0.25) is 0 Å². The number of hydrogen-bond donors (Lipinski definition) is 2. The van der Waals surface area contributed by atoms with Gasteiger partial charge in [0.2, 0.25) is 0 Å². The summed E-state index contributed by atoms with van der Waals surface area (Å²) in [6, 6.07) is 0. The Labute approximate surface area is 77.3 Å². The van der Waals surface area contributed by atoms with E-state index in [0.717, 1.165) is 0 Å². The van der Waals surface area contributed by atoms with Gasteiger partial charge in [-0.15, -0.1) is 0 Å². The number of rotatable bonds is 1. The van der Waals surface area contributed by atoms with Crippen molar-refractivity contribution in [2.45, 2.75) is 24.8 Å². The van der Waals surface area contributed by atoms with Crippen molar-refractivity contribution in [3.05, 3.63) is 0 Å². The lowest BCUT2D eigenvalue weighted by Gasteiger charge is -2.38. The number of hydrogen-bond acceptors (Lipinski definition) is 3. The van der Waals surface area contributed by atoms with Crippen LogP contribution in [0, 0.1) is 5.92 Å². The summed E-state index contributed by atoms with van der Waals surface area (Å²) in [5.74, 6) is -7.20. The van der Waals surface area contributed by atoms with Crippen molar-refractivity contribution in [2.75, 3.05) is 6.61 Å². The van der Waals surface area contributed by atoms with Crippen LogP contribution >= 0.6 is 0 Å². The van der Waals surface area contributed by atoms with E-state index in [1.807, 2.05) is 0 Å². The fourth-order valence-corrected chi connectivity index (χ4v) is 1.38. The number of halogens is 3. The Morgan fingerprint density at radius 3 is 2.43 bits per heavy atom. The molecule has 1 fully saturated rings. The standard InChI is InChI=1S/C7H9F3O4/c8-7(9,10)6(13)4(5(11)12)2-1-3-14-6/h4,13H,1-3H2,(H,11,12)/t4-,6+/m1/s1. The van der Waals surface area contributed by atoms with Crippen LogP contribution in [0.4, 0.5) is 13.2 Å². The van der Waals surface area contributed by atoms with E-state index >= 15 is 0 Å². The van der Waals surface area contributed by atoms with E-state index in [1.165, 1.54) is 0 Å². The molecule has 0 radical (unpaired) electrons. The minimum Gasteiger partial charge on any atom is -0.481 e. The molecule has 4 nitrogen and oxygen atoms in total. The SMILES string of the molecule is O=C(O)[C@H]1CCCO[C@]1(O)C(F)(F)F. The Morgan fingerprint density at radius 1 is 1.50 bits per heavy atom. The second-order valence-corrected chi connectivity index (χ2v) is 3.08. The molecule has 0 bridgehead atoms. The summed E-state index contributed by atoms with van der Waals surface area (Å²) in [5.41, 5.74) is 0. The van der Waals surface area contributed by atoms with E-state index in [0.29, 0.717) is 0 Å². The molecule has 0 unspecified atom stereocenters. The molecule has 0 saturated carbocycles. The molecule has 1 aliphatic heterocycles. The van der Waals surface area contributed by atoms with Crippen LogP contribution in [0.1, 0.15) is 12.8 Å². The fourth-order valence-electron chi connectivity index (χ4n) is 1.38. The minimum atomic E-state index is -5.09. The zero-order chi connectivity index (χ0) is 11.0. The summed E-state index contributed by atoms with van der Waals surface area (Å²) in [5, 5.41) is 17.6. The second-order valence-electron chi connectivity index (χ2n) is 3.08. The molecule has 1 aliphatic rings. The van der Waals surface area contributed by atoms with Crippen LogP contribution in [0.3, 0.4) is 0 Å². The van der Waals surface area contributed by atoms with Gasteiger partial charge in [-0.1, -0.05) is 0 Å². The van der Waals surface area contributed by atoms with E-state index in [4.69, 9.17) is 10.2 Å². The maximum Gasteiger partial charge on any atom is 0.443 e. The maximum absolute atomic E-state index is 12.3. The number of carboxylic acids is 1. The van der Waals surface area contributed by atoms with Gasteiger partial charge in [0.25, 0.3) is 5.79 Å². The van der Waals surface area contributed by atoms with Crippen LogP contribution in [0.15, 0.2) is 0 Å². The van der Waals surface area contributed by atoms with E-state index in [1.54, 1.807) is 0 Å². The molecule has 0 aromatic rings. The van der Waals surface area contributed by atoms with E-state index in [-0.39, 0.29) is 19.4 Å². The number of aliphatic hydroxyl groups is 1. The van der Waals surface area contributed by atoms with Crippen molar-refractivity contribution >= 4 is 5.97 Å². The van der Waals surface area contributed by atoms with Gasteiger partial charge in [-0.2, -0.15) is 13.2 Å². The Bertz CT molecular complexity index is 240. The summed E-state index contributed by atoms with van der Waals surface area (Å²) in [4.78, 5) is 10.5. The maximum atomic E-state index is 12.3. The molecule has 1 heterocycles. The molecule has 0 aromatic heterocycles. The van der Waals surface area contributed by atoms with Crippen LogP contribution in [0.25, 0.3) is 0 Å². The van der Waals surface area contributed by atoms with Crippen LogP contribution in [-0.4, -0.2) is 34.8 Å². The minimum absolute atomic E-state index is 0.190. The monoisotopic (exact) mass is 214 g/mol. The number of aliphatic carboxylic acids is 1. The smallest absolute Gasteiger partial charge is 0.443 e. The first kappa shape index (κ1) is 11.3. The Morgan fingerprint density at radius 2 is 2.07 bits per heavy atom. The summed E-state index contributed by atoms with van der Waals surface area (Å²) in [7, 11) is 0. The summed E-state index contributed by atoms with van der Waals surface area (Å²) < 4.78 is 41.0. The third-order valence-corrected chi connectivity index (χ3v) is 2.14. The van der Waals surface area contributed by atoms with Crippen molar-refractivity contribution in [2.24, 2.45) is 5.92 Å². The van der Waals surface area contributed by atoms with Crippen molar-refractivity contribution in [1.29, 1.82) is 0 Å². The highest BCUT2D eigenvalue weighted by atomic mass is 19.4. The molecule has 2 atom stereocenters. The summed E-state index contributed by atoms with van der Waals surface area (Å²) >= 11 is 0. The second kappa shape index (κ2) is 3.39. The van der Waals surface area contributed by atoms with Gasteiger partial charge in [-0.25, -0.2) is 0 Å². The first-order valence-corrected chi connectivity index (χ1v) is 3.95. The first-order chi connectivity index (χ1) is 6.29. The predicted octanol–water partition coefficient (Wildman–Crippen LogP) is 0.748. The van der Waals surface area contributed by atoms with Crippen molar-refractivity contribution in [3.63, 3.8) is 0 Å². The van der Waals surface area contributed by atoms with E-state index in [2.05, 4.69) is 4.74 Å². The first-order valence-electron chi connectivity index (χ1n) is 3.95. The molecular formula is C7H9F3O4. The highest BCUT2D eigenvalue weighted by molar-refractivity contribution is 5.71. The third kappa shape index (κ3) is 1.69. The van der Waals surface area contributed by atoms with Crippen molar-refractivity contribution in [3.8, 4) is 0 Å². The lowest BCUT2D eigenvalue weighted by atomic mass is 9.90. The summed E-state index contributed by atoms with van der Waals surface area (Å²) in [6.45, 7) is -0.292. The zero-order valence-electron chi connectivity index (χ0n) is 7.04. The number of carbonyl (C=O) groups is 1. The molecule has 14 heavy (non-hydrogen) atoms. The molecule has 0 aromatic carbocycles. The van der Waals surface area contributed by atoms with Gasteiger partial charge >= 0.3 is 12.1 Å². The van der Waals surface area contributed by atoms with Gasteiger partial charge in [0.05, 0.1) is 6.61 Å². The van der Waals surface area contributed by atoms with Gasteiger partial charge in [-0.3, -0.25) is 4.79 Å². The van der Waals surface area contributed by atoms with Gasteiger partial charge in [0.15, 0.2) is 0 Å². The molecule has 7 heteroatoms. The molecule has 0 spiro atoms. The largest absolute Gasteiger partial charge is 0.481 e. The van der Waals surface area contributed by atoms with E-state index in [9.17, 15) is 18.0 Å². The van der Waals surface area contributed by atoms with Gasteiger partial charge in [0, 0.05) is 0 Å². The van der Waals surface area contributed by atoms with E-state index < -0.39 is 23.9 Å². The Balaban J connectivity index is 2.97. The molecule has 1 saturated heterocycles. The molecule has 2 N–H and O–H groups in total. The number of alkyl halides is 3. The highest BCUT2D eigenvalue weighted by Gasteiger charge is 2.63. The predicted molar refractivity (Wildman–Crippen MR) is 37.3 cm³/mol. The lowest BCUT2D eigenvalue weighted by Crippen LogP contribution is -2.58. The number of carboxylic acid groups (broad SMARTS) is 1. The quantitative estimate of drug-likeness (QED) is 0.675. The Hall–Kier alpha value is -0.820. The average Bonchev–Trinajstić information content (AvgIpc) is 2.02. The topological polar surface area (TPSA) is 66.8 Å². The van der Waals surface area contributed by atoms with Crippen LogP contribution in [-0.2, 0) is 9.53 Å². The normalized spacial score (nSPS) is 34.1.